The lowest BCUT2D eigenvalue weighted by Gasteiger charge is -2.26. The molecule has 1 N–H and O–H groups in total. The predicted molar refractivity (Wildman–Crippen MR) is 110 cm³/mol. The number of ether oxygens (including phenoxy) is 1. The monoisotopic (exact) mass is 411 g/mol. The van der Waals surface area contributed by atoms with Gasteiger partial charge in [-0.3, -0.25) is 9.59 Å². The van der Waals surface area contributed by atoms with Crippen molar-refractivity contribution in [3.05, 3.63) is 65.1 Å². The summed E-state index contributed by atoms with van der Waals surface area (Å²) in [5.41, 5.74) is 2.70. The molecule has 2 aromatic carbocycles. The third kappa shape index (κ3) is 4.31. The van der Waals surface area contributed by atoms with Gasteiger partial charge in [0, 0.05) is 35.6 Å². The van der Waals surface area contributed by atoms with Crippen molar-refractivity contribution in [2.24, 2.45) is 0 Å². The molecule has 1 aliphatic heterocycles. The molecule has 148 valence electrons. The van der Waals surface area contributed by atoms with E-state index < -0.39 is 0 Å². The second-order valence-corrected chi connectivity index (χ2v) is 6.91. The number of aromatic nitrogens is 1. The predicted octanol–water partition coefficient (Wildman–Crippen LogP) is 3.61. The number of benzene rings is 2. The summed E-state index contributed by atoms with van der Waals surface area (Å²) < 4.78 is 10.9. The fraction of sp³-hybridized carbons (Fsp3) is 0.190. The Bertz CT molecular complexity index is 1070. The molecule has 0 unspecified atom stereocenters. The van der Waals surface area contributed by atoms with Gasteiger partial charge < -0.3 is 19.4 Å². The molecule has 0 saturated carbocycles. The Labute approximate surface area is 171 Å². The van der Waals surface area contributed by atoms with Crippen molar-refractivity contribution in [2.75, 3.05) is 31.6 Å². The summed E-state index contributed by atoms with van der Waals surface area (Å²) in [5, 5.41) is 3.57. The summed E-state index contributed by atoms with van der Waals surface area (Å²) in [4.78, 5) is 30.0. The Balaban J connectivity index is 1.47. The summed E-state index contributed by atoms with van der Waals surface area (Å²) in [6.07, 6.45) is 2.17. The first-order valence-electron chi connectivity index (χ1n) is 9.09. The van der Waals surface area contributed by atoms with Crippen LogP contribution in [-0.4, -0.2) is 48.4 Å². The summed E-state index contributed by atoms with van der Waals surface area (Å²) >= 11 is 5.96. The Morgan fingerprint density at radius 1 is 1.14 bits per heavy atom. The third-order valence-electron chi connectivity index (χ3n) is 4.55. The Morgan fingerprint density at radius 2 is 1.90 bits per heavy atom. The molecule has 0 bridgehead atoms. The summed E-state index contributed by atoms with van der Waals surface area (Å²) in [7, 11) is 0. The van der Waals surface area contributed by atoms with Crippen LogP contribution in [0.3, 0.4) is 0 Å². The average molecular weight is 412 g/mol. The minimum Gasteiger partial charge on any atom is -0.436 e. The molecule has 1 aromatic heterocycles. The van der Waals surface area contributed by atoms with E-state index in [2.05, 4.69) is 10.3 Å². The molecule has 1 fully saturated rings. The van der Waals surface area contributed by atoms with E-state index in [1.54, 1.807) is 47.4 Å². The number of nitrogens with one attached hydrogen (secondary N) is 1. The van der Waals surface area contributed by atoms with Gasteiger partial charge in [-0.25, -0.2) is 4.98 Å². The van der Waals surface area contributed by atoms with E-state index in [0.29, 0.717) is 54.3 Å². The van der Waals surface area contributed by atoms with E-state index in [1.165, 1.54) is 6.20 Å². The number of fused-ring (bicyclic) bond motifs is 1. The molecule has 0 aliphatic carbocycles. The van der Waals surface area contributed by atoms with Crippen LogP contribution in [0.25, 0.3) is 16.7 Å². The first-order chi connectivity index (χ1) is 14.1. The second kappa shape index (κ2) is 8.46. The largest absolute Gasteiger partial charge is 0.436 e. The smallest absolute Gasteiger partial charge is 0.254 e. The molecule has 0 radical (unpaired) electrons. The molecule has 0 spiro atoms. The number of nitrogens with zero attached hydrogens (tertiary/aromatic N) is 2. The van der Waals surface area contributed by atoms with Gasteiger partial charge in [0.2, 0.25) is 5.89 Å². The molecular weight excluding hydrogens is 394 g/mol. The SMILES string of the molecule is O=C/C(=C\Nc1ccc(C(=O)N2CCOCC2)cc1)c1nc2cc(Cl)ccc2o1. The van der Waals surface area contributed by atoms with Gasteiger partial charge in [0.05, 0.1) is 18.8 Å². The molecule has 1 amide bonds. The van der Waals surface area contributed by atoms with Crippen LogP contribution in [0, 0.1) is 0 Å². The highest BCUT2D eigenvalue weighted by molar-refractivity contribution is 6.31. The number of hydrogen-bond donors (Lipinski definition) is 1. The molecule has 29 heavy (non-hydrogen) atoms. The van der Waals surface area contributed by atoms with Crippen molar-refractivity contribution in [2.45, 2.75) is 0 Å². The van der Waals surface area contributed by atoms with Crippen molar-refractivity contribution >= 4 is 46.2 Å². The number of anilines is 1. The van der Waals surface area contributed by atoms with Crippen LogP contribution in [-0.2, 0) is 9.53 Å². The molecule has 0 atom stereocenters. The number of amides is 1. The average Bonchev–Trinajstić information content (AvgIpc) is 3.17. The number of morpholine rings is 1. The Hall–Kier alpha value is -3.16. The highest BCUT2D eigenvalue weighted by Gasteiger charge is 2.18. The van der Waals surface area contributed by atoms with E-state index in [-0.39, 0.29) is 17.4 Å². The van der Waals surface area contributed by atoms with E-state index in [0.717, 1.165) is 5.69 Å². The summed E-state index contributed by atoms with van der Waals surface area (Å²) in [6, 6.07) is 12.1. The molecule has 2 heterocycles. The number of oxazole rings is 1. The number of allylic oxidation sites excluding steroid dienone is 1. The van der Waals surface area contributed by atoms with Crippen LogP contribution >= 0.6 is 11.6 Å². The molecule has 8 heteroatoms. The maximum atomic E-state index is 12.5. The molecule has 3 aromatic rings. The zero-order chi connectivity index (χ0) is 20.2. The summed E-state index contributed by atoms with van der Waals surface area (Å²) in [5.74, 6) is 0.179. The quantitative estimate of drug-likeness (QED) is 0.510. The minimum atomic E-state index is -0.0193. The normalized spacial score (nSPS) is 14.8. The number of aldehydes is 1. The molecule has 1 saturated heterocycles. The molecule has 7 nitrogen and oxygen atoms in total. The van der Waals surface area contributed by atoms with Gasteiger partial charge in [-0.2, -0.15) is 0 Å². The number of hydrogen-bond acceptors (Lipinski definition) is 6. The van der Waals surface area contributed by atoms with Crippen LogP contribution in [0.1, 0.15) is 16.2 Å². The second-order valence-electron chi connectivity index (χ2n) is 6.47. The topological polar surface area (TPSA) is 84.7 Å². The zero-order valence-electron chi connectivity index (χ0n) is 15.4. The molecule has 4 rings (SSSR count). The number of halogens is 1. The van der Waals surface area contributed by atoms with Crippen LogP contribution in [0.5, 0.6) is 0 Å². The van der Waals surface area contributed by atoms with Crippen molar-refractivity contribution in [3.63, 3.8) is 0 Å². The standard InChI is InChI=1S/C21H18ClN3O4/c22-16-3-6-19-18(11-16)24-20(29-19)15(13-26)12-23-17-4-1-14(2-5-17)21(27)25-7-9-28-10-8-25/h1-6,11-13,23H,7-10H2/b15-12+. The lowest BCUT2D eigenvalue weighted by Crippen LogP contribution is -2.40. The summed E-state index contributed by atoms with van der Waals surface area (Å²) in [6.45, 7) is 2.32. The molecular formula is C21H18ClN3O4. The highest BCUT2D eigenvalue weighted by atomic mass is 35.5. The fourth-order valence-electron chi connectivity index (χ4n) is 2.99. The van der Waals surface area contributed by atoms with E-state index in [1.807, 2.05) is 0 Å². The first-order valence-corrected chi connectivity index (χ1v) is 9.47. The Morgan fingerprint density at radius 3 is 2.62 bits per heavy atom. The maximum absolute atomic E-state index is 12.5. The van der Waals surface area contributed by atoms with Gasteiger partial charge in [0.1, 0.15) is 5.52 Å². The van der Waals surface area contributed by atoms with Crippen LogP contribution < -0.4 is 5.32 Å². The van der Waals surface area contributed by atoms with Gasteiger partial charge in [-0.15, -0.1) is 0 Å². The lowest BCUT2D eigenvalue weighted by molar-refractivity contribution is -0.103. The third-order valence-corrected chi connectivity index (χ3v) is 4.78. The first kappa shape index (κ1) is 19.2. The number of carbonyl (C=O) groups is 2. The highest BCUT2D eigenvalue weighted by Crippen LogP contribution is 2.23. The minimum absolute atomic E-state index is 0.0193. The Kier molecular flexibility index (Phi) is 5.59. The van der Waals surface area contributed by atoms with Gasteiger partial charge in [-0.05, 0) is 42.5 Å². The van der Waals surface area contributed by atoms with Gasteiger partial charge in [-0.1, -0.05) is 11.6 Å². The van der Waals surface area contributed by atoms with E-state index >= 15 is 0 Å². The maximum Gasteiger partial charge on any atom is 0.254 e. The zero-order valence-corrected chi connectivity index (χ0v) is 16.2. The van der Waals surface area contributed by atoms with Crippen LogP contribution in [0.15, 0.2) is 53.1 Å². The van der Waals surface area contributed by atoms with Gasteiger partial charge in [0.15, 0.2) is 11.9 Å². The fourth-order valence-corrected chi connectivity index (χ4v) is 3.16. The van der Waals surface area contributed by atoms with Crippen molar-refractivity contribution in [1.29, 1.82) is 0 Å². The molecule has 1 aliphatic rings. The van der Waals surface area contributed by atoms with Crippen LogP contribution in [0.4, 0.5) is 5.69 Å². The van der Waals surface area contributed by atoms with E-state index in [4.69, 9.17) is 20.8 Å². The van der Waals surface area contributed by atoms with E-state index in [9.17, 15) is 9.59 Å². The lowest BCUT2D eigenvalue weighted by atomic mass is 10.1. The van der Waals surface area contributed by atoms with Crippen molar-refractivity contribution in [3.8, 4) is 0 Å². The van der Waals surface area contributed by atoms with Gasteiger partial charge in [0.25, 0.3) is 5.91 Å². The van der Waals surface area contributed by atoms with Gasteiger partial charge >= 0.3 is 0 Å². The van der Waals surface area contributed by atoms with Crippen LogP contribution in [0.2, 0.25) is 5.02 Å². The number of rotatable bonds is 5. The van der Waals surface area contributed by atoms with Crippen molar-refractivity contribution in [1.82, 2.24) is 9.88 Å². The van der Waals surface area contributed by atoms with Crippen molar-refractivity contribution < 1.29 is 18.7 Å². The number of carbonyl (C=O) groups excluding carboxylic acids is 2.